The molecular formula is C10H15N5O2. The molecule has 1 aromatic heterocycles. The Morgan fingerprint density at radius 2 is 2.29 bits per heavy atom. The number of hydrogen-bond acceptors (Lipinski definition) is 6. The molecule has 4 N–H and O–H groups in total. The number of nitro groups is 1. The van der Waals surface area contributed by atoms with Crippen LogP contribution in [0.4, 0.5) is 17.3 Å². The lowest BCUT2D eigenvalue weighted by molar-refractivity contribution is -0.384. The molecule has 17 heavy (non-hydrogen) atoms. The topological polar surface area (TPSA) is 111 Å². The zero-order chi connectivity index (χ0) is 12.4. The number of nitrogen functional groups attached to an aromatic ring is 1. The Morgan fingerprint density at radius 3 is 2.88 bits per heavy atom. The fourth-order valence-electron chi connectivity index (χ4n) is 2.01. The quantitative estimate of drug-likeness (QED) is 0.572. The zero-order valence-corrected chi connectivity index (χ0v) is 9.37. The molecule has 7 heteroatoms. The Bertz CT molecular complexity index is 437. The third-order valence-electron chi connectivity index (χ3n) is 2.87. The predicted octanol–water partition coefficient (Wildman–Crippen LogP) is 0.500. The van der Waals surface area contributed by atoms with Gasteiger partial charge in [-0.05, 0) is 18.9 Å². The Kier molecular flexibility index (Phi) is 3.10. The van der Waals surface area contributed by atoms with Crippen LogP contribution in [0.1, 0.15) is 12.8 Å². The second-order valence-corrected chi connectivity index (χ2v) is 4.18. The maximum Gasteiger partial charge on any atom is 0.311 e. The van der Waals surface area contributed by atoms with Gasteiger partial charge in [0, 0.05) is 25.2 Å². The summed E-state index contributed by atoms with van der Waals surface area (Å²) >= 11 is 0. The van der Waals surface area contributed by atoms with E-state index in [0.29, 0.717) is 12.4 Å². The molecule has 1 fully saturated rings. The van der Waals surface area contributed by atoms with Gasteiger partial charge in [-0.3, -0.25) is 10.1 Å². The normalized spacial score (nSPS) is 20.3. The Morgan fingerprint density at radius 1 is 1.53 bits per heavy atom. The van der Waals surface area contributed by atoms with Gasteiger partial charge in [0.05, 0.1) is 4.92 Å². The summed E-state index contributed by atoms with van der Waals surface area (Å²) in [5.74, 6) is 0.606. The van der Waals surface area contributed by atoms with E-state index in [-0.39, 0.29) is 17.5 Å². The third-order valence-corrected chi connectivity index (χ3v) is 2.87. The molecule has 2 heterocycles. The number of rotatable bonds is 2. The largest absolute Gasteiger partial charge is 0.378 e. The van der Waals surface area contributed by atoms with Gasteiger partial charge in [-0.2, -0.15) is 0 Å². The Hall–Kier alpha value is -1.89. The van der Waals surface area contributed by atoms with Crippen molar-refractivity contribution in [1.82, 2.24) is 4.98 Å². The molecule has 1 aromatic rings. The van der Waals surface area contributed by atoms with Crippen LogP contribution in [0.25, 0.3) is 0 Å². The van der Waals surface area contributed by atoms with E-state index in [0.717, 1.165) is 19.4 Å². The van der Waals surface area contributed by atoms with Gasteiger partial charge in [0.2, 0.25) is 5.82 Å². The summed E-state index contributed by atoms with van der Waals surface area (Å²) in [5, 5.41) is 10.6. The van der Waals surface area contributed by atoms with Gasteiger partial charge >= 0.3 is 5.69 Å². The molecule has 0 saturated carbocycles. The molecule has 1 atom stereocenters. The average Bonchev–Trinajstić information content (AvgIpc) is 2.28. The SMILES string of the molecule is Nc1nc(N2CCC[C@@H](N)C2)ccc1[N+](=O)[O-]. The van der Waals surface area contributed by atoms with Crippen LogP contribution < -0.4 is 16.4 Å². The van der Waals surface area contributed by atoms with E-state index >= 15 is 0 Å². The highest BCUT2D eigenvalue weighted by atomic mass is 16.6. The first kappa shape index (κ1) is 11.6. The van der Waals surface area contributed by atoms with Crippen LogP contribution >= 0.6 is 0 Å². The van der Waals surface area contributed by atoms with Gasteiger partial charge in [0.15, 0.2) is 0 Å². The lowest BCUT2D eigenvalue weighted by Crippen LogP contribution is -2.43. The van der Waals surface area contributed by atoms with Crippen LogP contribution in [0.5, 0.6) is 0 Å². The molecule has 92 valence electrons. The molecular weight excluding hydrogens is 222 g/mol. The monoisotopic (exact) mass is 237 g/mol. The summed E-state index contributed by atoms with van der Waals surface area (Å²) in [5.41, 5.74) is 11.3. The van der Waals surface area contributed by atoms with Gasteiger partial charge in [0.1, 0.15) is 5.82 Å². The van der Waals surface area contributed by atoms with Crippen molar-refractivity contribution in [2.75, 3.05) is 23.7 Å². The summed E-state index contributed by atoms with van der Waals surface area (Å²) in [6, 6.07) is 3.13. The first-order valence-corrected chi connectivity index (χ1v) is 5.49. The van der Waals surface area contributed by atoms with E-state index in [1.54, 1.807) is 6.07 Å². The minimum atomic E-state index is -0.534. The second-order valence-electron chi connectivity index (χ2n) is 4.18. The number of pyridine rings is 1. The van der Waals surface area contributed by atoms with Crippen LogP contribution in [0, 0.1) is 10.1 Å². The summed E-state index contributed by atoms with van der Waals surface area (Å²) in [4.78, 5) is 16.1. The standard InChI is InChI=1S/C10H15N5O2/c11-7-2-1-5-14(6-7)9-4-3-8(15(16)17)10(12)13-9/h3-4,7H,1-2,5-6,11H2,(H2,12,13)/t7-/m1/s1. The first-order valence-electron chi connectivity index (χ1n) is 5.49. The molecule has 0 spiro atoms. The Balaban J connectivity index is 2.22. The van der Waals surface area contributed by atoms with Crippen LogP contribution in [0.15, 0.2) is 12.1 Å². The maximum absolute atomic E-state index is 10.6. The highest BCUT2D eigenvalue weighted by Gasteiger charge is 2.20. The van der Waals surface area contributed by atoms with E-state index in [9.17, 15) is 10.1 Å². The fraction of sp³-hybridized carbons (Fsp3) is 0.500. The van der Waals surface area contributed by atoms with Gasteiger partial charge in [0.25, 0.3) is 0 Å². The molecule has 1 saturated heterocycles. The predicted molar refractivity (Wildman–Crippen MR) is 64.7 cm³/mol. The smallest absolute Gasteiger partial charge is 0.311 e. The molecule has 7 nitrogen and oxygen atoms in total. The van der Waals surface area contributed by atoms with Crippen molar-refractivity contribution in [3.8, 4) is 0 Å². The van der Waals surface area contributed by atoms with Crippen molar-refractivity contribution in [3.63, 3.8) is 0 Å². The highest BCUT2D eigenvalue weighted by Crippen LogP contribution is 2.24. The number of hydrogen-bond donors (Lipinski definition) is 2. The molecule has 0 unspecified atom stereocenters. The molecule has 0 bridgehead atoms. The van der Waals surface area contributed by atoms with Crippen LogP contribution in [0.3, 0.4) is 0 Å². The lowest BCUT2D eigenvalue weighted by atomic mass is 10.1. The highest BCUT2D eigenvalue weighted by molar-refractivity contribution is 5.58. The maximum atomic E-state index is 10.6. The number of nitrogens with zero attached hydrogens (tertiary/aromatic N) is 3. The number of aromatic nitrogens is 1. The van der Waals surface area contributed by atoms with Crippen molar-refractivity contribution >= 4 is 17.3 Å². The van der Waals surface area contributed by atoms with E-state index in [2.05, 4.69) is 4.98 Å². The van der Waals surface area contributed by atoms with Crippen molar-refractivity contribution in [3.05, 3.63) is 22.2 Å². The van der Waals surface area contributed by atoms with Gasteiger partial charge < -0.3 is 16.4 Å². The summed E-state index contributed by atoms with van der Waals surface area (Å²) < 4.78 is 0. The average molecular weight is 237 g/mol. The van der Waals surface area contributed by atoms with Crippen molar-refractivity contribution in [2.45, 2.75) is 18.9 Å². The van der Waals surface area contributed by atoms with E-state index in [1.807, 2.05) is 4.90 Å². The van der Waals surface area contributed by atoms with Crippen LogP contribution in [0.2, 0.25) is 0 Å². The molecule has 2 rings (SSSR count). The summed E-state index contributed by atoms with van der Waals surface area (Å²) in [7, 11) is 0. The van der Waals surface area contributed by atoms with Crippen molar-refractivity contribution < 1.29 is 4.92 Å². The van der Waals surface area contributed by atoms with E-state index in [1.165, 1.54) is 6.07 Å². The summed E-state index contributed by atoms with van der Waals surface area (Å²) in [6.45, 7) is 1.57. The molecule has 0 aliphatic carbocycles. The second kappa shape index (κ2) is 4.54. The summed E-state index contributed by atoms with van der Waals surface area (Å²) in [6.07, 6.45) is 2.00. The third kappa shape index (κ3) is 2.44. The number of piperidine rings is 1. The molecule has 0 aromatic carbocycles. The van der Waals surface area contributed by atoms with Crippen molar-refractivity contribution in [1.29, 1.82) is 0 Å². The number of anilines is 2. The van der Waals surface area contributed by atoms with Gasteiger partial charge in [-0.1, -0.05) is 0 Å². The Labute approximate surface area is 98.6 Å². The van der Waals surface area contributed by atoms with Crippen LogP contribution in [-0.2, 0) is 0 Å². The lowest BCUT2D eigenvalue weighted by Gasteiger charge is -2.31. The molecule has 1 aliphatic heterocycles. The van der Waals surface area contributed by atoms with E-state index < -0.39 is 4.92 Å². The van der Waals surface area contributed by atoms with Gasteiger partial charge in [-0.25, -0.2) is 4.98 Å². The van der Waals surface area contributed by atoms with Crippen molar-refractivity contribution in [2.24, 2.45) is 5.73 Å². The minimum absolute atomic E-state index is 0.0494. The molecule has 1 aliphatic rings. The molecule has 0 amide bonds. The van der Waals surface area contributed by atoms with E-state index in [4.69, 9.17) is 11.5 Å². The molecule has 0 radical (unpaired) electrons. The first-order chi connectivity index (χ1) is 8.08. The number of nitrogens with two attached hydrogens (primary N) is 2. The fourth-order valence-corrected chi connectivity index (χ4v) is 2.01. The van der Waals surface area contributed by atoms with Crippen LogP contribution in [-0.4, -0.2) is 29.0 Å². The zero-order valence-electron chi connectivity index (χ0n) is 9.37. The van der Waals surface area contributed by atoms with Gasteiger partial charge in [-0.15, -0.1) is 0 Å². The minimum Gasteiger partial charge on any atom is -0.378 e.